The Bertz CT molecular complexity index is 1350. The van der Waals surface area contributed by atoms with E-state index in [2.05, 4.69) is 10.6 Å². The van der Waals surface area contributed by atoms with Crippen molar-refractivity contribution < 1.29 is 22.7 Å². The fraction of sp³-hybridized carbons (Fsp3) is 0.200. The third-order valence-corrected chi connectivity index (χ3v) is 7.72. The number of carbonyl (C=O) groups excluding carboxylic acids is 2. The van der Waals surface area contributed by atoms with Crippen molar-refractivity contribution in [2.24, 2.45) is 0 Å². The van der Waals surface area contributed by atoms with Gasteiger partial charge in [-0.05, 0) is 43.3 Å². The van der Waals surface area contributed by atoms with Crippen LogP contribution in [0.3, 0.4) is 0 Å². The van der Waals surface area contributed by atoms with Crippen LogP contribution in [0, 0.1) is 6.92 Å². The second-order valence-corrected chi connectivity index (χ2v) is 10.4. The average molecular weight is 550 g/mol. The summed E-state index contributed by atoms with van der Waals surface area (Å²) >= 11 is 12.5. The summed E-state index contributed by atoms with van der Waals surface area (Å²) in [7, 11) is -2.69. The Morgan fingerprint density at radius 1 is 0.972 bits per heavy atom. The summed E-state index contributed by atoms with van der Waals surface area (Å²) in [6.07, 6.45) is 0. The minimum absolute atomic E-state index is 0.0134. The van der Waals surface area contributed by atoms with E-state index in [4.69, 9.17) is 27.9 Å². The van der Waals surface area contributed by atoms with E-state index in [-0.39, 0.29) is 38.4 Å². The number of sulfonamides is 1. The number of benzene rings is 3. The molecule has 3 rings (SSSR count). The normalized spacial score (nSPS) is 11.1. The zero-order valence-corrected chi connectivity index (χ0v) is 22.0. The van der Waals surface area contributed by atoms with Crippen molar-refractivity contribution in [2.45, 2.75) is 11.8 Å². The number of anilines is 2. The van der Waals surface area contributed by atoms with E-state index in [0.717, 1.165) is 9.87 Å². The quantitative estimate of drug-likeness (QED) is 0.362. The lowest BCUT2D eigenvalue weighted by Crippen LogP contribution is -2.38. The first-order chi connectivity index (χ1) is 17.1. The van der Waals surface area contributed by atoms with Gasteiger partial charge in [-0.15, -0.1) is 0 Å². The molecule has 0 saturated heterocycles. The third kappa shape index (κ3) is 6.55. The molecule has 2 N–H and O–H groups in total. The van der Waals surface area contributed by atoms with Crippen molar-refractivity contribution in [2.75, 3.05) is 36.4 Å². The monoisotopic (exact) mass is 549 g/mol. The van der Waals surface area contributed by atoms with Crippen LogP contribution in [-0.4, -0.2) is 47.0 Å². The molecule has 3 aromatic rings. The van der Waals surface area contributed by atoms with Crippen LogP contribution in [0.2, 0.25) is 10.0 Å². The molecule has 36 heavy (non-hydrogen) atoms. The minimum Gasteiger partial charge on any atom is -0.383 e. The van der Waals surface area contributed by atoms with E-state index in [9.17, 15) is 18.0 Å². The van der Waals surface area contributed by atoms with Gasteiger partial charge in [0.15, 0.2) is 0 Å². The average Bonchev–Trinajstić information content (AvgIpc) is 2.85. The zero-order chi connectivity index (χ0) is 26.3. The number of rotatable bonds is 10. The molecule has 0 spiro atoms. The first kappa shape index (κ1) is 27.5. The van der Waals surface area contributed by atoms with Crippen molar-refractivity contribution in [3.8, 4) is 0 Å². The van der Waals surface area contributed by atoms with Crippen LogP contribution in [-0.2, 0) is 19.6 Å². The van der Waals surface area contributed by atoms with Crippen molar-refractivity contribution in [3.05, 3.63) is 87.9 Å². The van der Waals surface area contributed by atoms with Gasteiger partial charge in [0.25, 0.3) is 15.9 Å². The Morgan fingerprint density at radius 3 is 2.36 bits per heavy atom. The molecule has 8 nitrogen and oxygen atoms in total. The summed E-state index contributed by atoms with van der Waals surface area (Å²) in [5.41, 5.74) is 1.36. The maximum atomic E-state index is 13.6. The van der Waals surface area contributed by atoms with Crippen LogP contribution >= 0.6 is 23.2 Å². The van der Waals surface area contributed by atoms with Crippen LogP contribution in [0.25, 0.3) is 0 Å². The van der Waals surface area contributed by atoms with Gasteiger partial charge in [-0.2, -0.15) is 0 Å². The van der Waals surface area contributed by atoms with Gasteiger partial charge in [0, 0.05) is 13.7 Å². The standard InChI is InChI=1S/C25H25Cl2N3O5S/c1-17-10-12-18(13-11-17)36(33,34)30(22-9-5-7-20(26)24(22)27)16-23(31)29-21-8-4-3-6-19(21)25(32)28-14-15-35-2/h3-13H,14-16H2,1-2H3,(H,28,32)(H,29,31). The first-order valence-electron chi connectivity index (χ1n) is 10.8. The van der Waals surface area contributed by atoms with Crippen LogP contribution in [0.1, 0.15) is 15.9 Å². The van der Waals surface area contributed by atoms with Crippen molar-refractivity contribution >= 4 is 56.4 Å². The molecule has 0 aliphatic carbocycles. The van der Waals surface area contributed by atoms with Gasteiger partial charge >= 0.3 is 0 Å². The number of nitrogens with zero attached hydrogens (tertiary/aromatic N) is 1. The predicted molar refractivity (Wildman–Crippen MR) is 141 cm³/mol. The lowest BCUT2D eigenvalue weighted by Gasteiger charge is -2.25. The van der Waals surface area contributed by atoms with Crippen LogP contribution in [0.15, 0.2) is 71.6 Å². The Labute approximate surface area is 220 Å². The van der Waals surface area contributed by atoms with Gasteiger partial charge in [0.2, 0.25) is 5.91 Å². The number of hydrogen-bond donors (Lipinski definition) is 2. The SMILES string of the molecule is COCCNC(=O)c1ccccc1NC(=O)CN(c1cccc(Cl)c1Cl)S(=O)(=O)c1ccc(C)cc1. The van der Waals surface area contributed by atoms with Gasteiger partial charge in [0.05, 0.1) is 38.5 Å². The fourth-order valence-electron chi connectivity index (χ4n) is 3.29. The molecule has 0 saturated carbocycles. The second-order valence-electron chi connectivity index (χ2n) is 7.74. The summed E-state index contributed by atoms with van der Waals surface area (Å²) in [4.78, 5) is 25.7. The Morgan fingerprint density at radius 2 is 1.67 bits per heavy atom. The van der Waals surface area contributed by atoms with Gasteiger partial charge < -0.3 is 15.4 Å². The number of halogens is 2. The summed E-state index contributed by atoms with van der Waals surface area (Å²) in [6.45, 7) is 1.83. The Hall–Kier alpha value is -3.11. The van der Waals surface area contributed by atoms with Crippen molar-refractivity contribution in [3.63, 3.8) is 0 Å². The third-order valence-electron chi connectivity index (χ3n) is 5.13. The highest BCUT2D eigenvalue weighted by molar-refractivity contribution is 7.92. The highest BCUT2D eigenvalue weighted by Crippen LogP contribution is 2.35. The van der Waals surface area contributed by atoms with E-state index in [0.29, 0.717) is 6.61 Å². The summed E-state index contributed by atoms with van der Waals surface area (Å²) in [6, 6.07) is 17.1. The number of hydrogen-bond acceptors (Lipinski definition) is 5. The molecule has 0 aliphatic heterocycles. The van der Waals surface area contributed by atoms with E-state index < -0.39 is 28.4 Å². The number of methoxy groups -OCH3 is 1. The minimum atomic E-state index is -4.20. The number of ether oxygens (including phenoxy) is 1. The molecule has 11 heteroatoms. The lowest BCUT2D eigenvalue weighted by molar-refractivity contribution is -0.114. The summed E-state index contributed by atoms with van der Waals surface area (Å²) in [5.74, 6) is -1.09. The van der Waals surface area contributed by atoms with E-state index in [1.54, 1.807) is 42.5 Å². The maximum absolute atomic E-state index is 13.6. The number of nitrogens with one attached hydrogen (secondary N) is 2. The molecule has 0 unspecified atom stereocenters. The van der Waals surface area contributed by atoms with Crippen molar-refractivity contribution in [1.29, 1.82) is 0 Å². The molecule has 2 amide bonds. The second kappa shape index (κ2) is 12.2. The van der Waals surface area contributed by atoms with E-state index >= 15 is 0 Å². The smallest absolute Gasteiger partial charge is 0.264 e. The lowest BCUT2D eigenvalue weighted by atomic mass is 10.1. The van der Waals surface area contributed by atoms with Gasteiger partial charge in [-0.25, -0.2) is 8.42 Å². The van der Waals surface area contributed by atoms with E-state index in [1.165, 1.54) is 31.4 Å². The Kier molecular flexibility index (Phi) is 9.33. The van der Waals surface area contributed by atoms with Gasteiger partial charge in [-0.3, -0.25) is 13.9 Å². The fourth-order valence-corrected chi connectivity index (χ4v) is 5.17. The molecule has 0 radical (unpaired) electrons. The van der Waals surface area contributed by atoms with Crippen LogP contribution in [0.5, 0.6) is 0 Å². The van der Waals surface area contributed by atoms with Crippen molar-refractivity contribution in [1.82, 2.24) is 5.32 Å². The number of carbonyl (C=O) groups is 2. The highest BCUT2D eigenvalue weighted by atomic mass is 35.5. The largest absolute Gasteiger partial charge is 0.383 e. The van der Waals surface area contributed by atoms with E-state index in [1.807, 2.05) is 6.92 Å². The molecule has 0 fully saturated rings. The maximum Gasteiger partial charge on any atom is 0.264 e. The topological polar surface area (TPSA) is 105 Å². The number of aryl methyl sites for hydroxylation is 1. The van der Waals surface area contributed by atoms with Crippen LogP contribution < -0.4 is 14.9 Å². The molecular weight excluding hydrogens is 525 g/mol. The molecule has 0 heterocycles. The van der Waals surface area contributed by atoms with Gasteiger partial charge in [-0.1, -0.05) is 59.1 Å². The van der Waals surface area contributed by atoms with Crippen LogP contribution in [0.4, 0.5) is 11.4 Å². The molecule has 0 aromatic heterocycles. The Balaban J connectivity index is 1.93. The molecule has 0 aliphatic rings. The summed E-state index contributed by atoms with van der Waals surface area (Å²) < 4.78 is 33.0. The molecule has 0 atom stereocenters. The molecular formula is C25H25Cl2N3O5S. The first-order valence-corrected chi connectivity index (χ1v) is 13.0. The number of amides is 2. The summed E-state index contributed by atoms with van der Waals surface area (Å²) in [5, 5.41) is 5.45. The predicted octanol–water partition coefficient (Wildman–Crippen LogP) is 4.51. The molecule has 190 valence electrons. The van der Waals surface area contributed by atoms with Gasteiger partial charge in [0.1, 0.15) is 6.54 Å². The zero-order valence-electron chi connectivity index (χ0n) is 19.6. The molecule has 3 aromatic carbocycles. The number of para-hydroxylation sites is 1. The highest BCUT2D eigenvalue weighted by Gasteiger charge is 2.29. The molecule has 0 bridgehead atoms.